The van der Waals surface area contributed by atoms with E-state index in [4.69, 9.17) is 38.6 Å². The average molecular weight is 953 g/mol. The van der Waals surface area contributed by atoms with Crippen LogP contribution < -0.4 is 50.3 Å². The number of hydrogen-bond donors (Lipinski definition) is 5. The van der Waals surface area contributed by atoms with Gasteiger partial charge in [0.25, 0.3) is 0 Å². The maximum Gasteiger partial charge on any atom is 0.229 e. The number of para-hydroxylation sites is 5. The molecule has 15 nitrogen and oxygen atoms in total. The van der Waals surface area contributed by atoms with Crippen LogP contribution in [0.2, 0.25) is 0 Å². The number of anilines is 8. The molecule has 364 valence electrons. The number of methoxy groups -OCH3 is 3. The van der Waals surface area contributed by atoms with Crippen molar-refractivity contribution in [1.29, 1.82) is 0 Å². The molecule has 0 radical (unpaired) electrons. The van der Waals surface area contributed by atoms with Crippen LogP contribution in [0.25, 0.3) is 22.3 Å². The van der Waals surface area contributed by atoms with Crippen molar-refractivity contribution in [1.82, 2.24) is 30.2 Å². The van der Waals surface area contributed by atoms with Crippen molar-refractivity contribution < 1.29 is 23.7 Å². The minimum Gasteiger partial charge on any atom is -0.496 e. The van der Waals surface area contributed by atoms with Crippen molar-refractivity contribution >= 4 is 46.3 Å². The van der Waals surface area contributed by atoms with E-state index in [1.54, 1.807) is 27.5 Å². The zero-order valence-electron chi connectivity index (χ0n) is 40.7. The summed E-state index contributed by atoms with van der Waals surface area (Å²) < 4.78 is 29.0. The van der Waals surface area contributed by atoms with E-state index < -0.39 is 0 Å². The molecule has 0 aliphatic rings. The number of nitrogens with zero attached hydrogens (tertiary/aromatic N) is 5. The SMILES string of the molecule is CCN(CC)CCOc1ccc(Nc2ncc(-c3cccc(CNCCOc4ccc(Nc5ncc(-c6ccccc6OC)c(Nc6ccccc6OC)n5)cc4)c3)c(Nc3ccccc3OC)n2)cc1. The van der Waals surface area contributed by atoms with E-state index in [2.05, 4.69) is 68.5 Å². The largest absolute Gasteiger partial charge is 0.496 e. The van der Waals surface area contributed by atoms with Crippen molar-refractivity contribution in [2.75, 3.05) is 82.0 Å². The summed E-state index contributed by atoms with van der Waals surface area (Å²) >= 11 is 0. The molecule has 0 amide bonds. The summed E-state index contributed by atoms with van der Waals surface area (Å²) in [6.07, 6.45) is 3.62. The number of nitrogens with one attached hydrogen (secondary N) is 5. The van der Waals surface area contributed by atoms with Crippen LogP contribution in [-0.2, 0) is 6.54 Å². The molecule has 6 aromatic carbocycles. The maximum absolute atomic E-state index is 6.11. The fraction of sp³-hybridized carbons (Fsp3) is 0.214. The predicted molar refractivity (Wildman–Crippen MR) is 284 cm³/mol. The fourth-order valence-corrected chi connectivity index (χ4v) is 7.78. The van der Waals surface area contributed by atoms with Gasteiger partial charge in [-0.3, -0.25) is 0 Å². The zero-order chi connectivity index (χ0) is 49.2. The Morgan fingerprint density at radius 1 is 0.493 bits per heavy atom. The van der Waals surface area contributed by atoms with Gasteiger partial charge in [0.1, 0.15) is 53.6 Å². The fourth-order valence-electron chi connectivity index (χ4n) is 7.78. The van der Waals surface area contributed by atoms with Crippen LogP contribution in [0.4, 0.5) is 46.3 Å². The Morgan fingerprint density at radius 2 is 1.01 bits per heavy atom. The van der Waals surface area contributed by atoms with Gasteiger partial charge in [-0.2, -0.15) is 9.97 Å². The number of hydrogen-bond acceptors (Lipinski definition) is 15. The molecule has 71 heavy (non-hydrogen) atoms. The van der Waals surface area contributed by atoms with Gasteiger partial charge in [-0.25, -0.2) is 9.97 Å². The summed E-state index contributed by atoms with van der Waals surface area (Å²) in [5.74, 6) is 5.73. The third-order valence-corrected chi connectivity index (χ3v) is 11.6. The topological polar surface area (TPSA) is 161 Å². The maximum atomic E-state index is 6.11. The van der Waals surface area contributed by atoms with E-state index >= 15 is 0 Å². The first-order valence-corrected chi connectivity index (χ1v) is 23.6. The summed E-state index contributed by atoms with van der Waals surface area (Å²) in [4.78, 5) is 21.6. The normalized spacial score (nSPS) is 10.9. The molecule has 5 N–H and O–H groups in total. The molecule has 0 aliphatic carbocycles. The van der Waals surface area contributed by atoms with Crippen LogP contribution in [0.3, 0.4) is 0 Å². The van der Waals surface area contributed by atoms with E-state index in [9.17, 15) is 0 Å². The van der Waals surface area contributed by atoms with Crippen LogP contribution in [0.15, 0.2) is 158 Å². The summed E-state index contributed by atoms with van der Waals surface area (Å²) in [7, 11) is 4.94. The van der Waals surface area contributed by atoms with Gasteiger partial charge in [0.2, 0.25) is 11.9 Å². The highest BCUT2D eigenvalue weighted by atomic mass is 16.5. The molecule has 0 fully saturated rings. The first-order chi connectivity index (χ1) is 34.9. The third-order valence-electron chi connectivity index (χ3n) is 11.6. The highest BCUT2D eigenvalue weighted by Gasteiger charge is 2.17. The van der Waals surface area contributed by atoms with Gasteiger partial charge in [0.05, 0.1) is 32.7 Å². The van der Waals surface area contributed by atoms with E-state index in [1.807, 2.05) is 134 Å². The molecular formula is C56H60N10O5. The lowest BCUT2D eigenvalue weighted by molar-refractivity contribution is 0.223. The second-order valence-corrected chi connectivity index (χ2v) is 16.2. The number of likely N-dealkylation sites (N-methyl/N-ethyl adjacent to an activating group) is 1. The minimum absolute atomic E-state index is 0.415. The van der Waals surface area contributed by atoms with Gasteiger partial charge in [-0.15, -0.1) is 0 Å². The van der Waals surface area contributed by atoms with Gasteiger partial charge in [0, 0.05) is 60.1 Å². The Morgan fingerprint density at radius 3 is 1.59 bits per heavy atom. The second-order valence-electron chi connectivity index (χ2n) is 16.2. The highest BCUT2D eigenvalue weighted by molar-refractivity contribution is 5.84. The lowest BCUT2D eigenvalue weighted by atomic mass is 10.0. The summed E-state index contributed by atoms with van der Waals surface area (Å²) in [5.41, 5.74) is 7.73. The second kappa shape index (κ2) is 24.8. The Balaban J connectivity index is 0.878. The average Bonchev–Trinajstić information content (AvgIpc) is 3.41. The Bertz CT molecular complexity index is 2950. The van der Waals surface area contributed by atoms with Gasteiger partial charge < -0.3 is 55.2 Å². The monoisotopic (exact) mass is 952 g/mol. The summed E-state index contributed by atoms with van der Waals surface area (Å²) in [6, 6.07) is 47.1. The van der Waals surface area contributed by atoms with Crippen molar-refractivity contribution in [3.8, 4) is 51.0 Å². The van der Waals surface area contributed by atoms with Crippen molar-refractivity contribution in [3.05, 3.63) is 164 Å². The molecule has 15 heteroatoms. The molecule has 0 atom stereocenters. The minimum atomic E-state index is 0.415. The third kappa shape index (κ3) is 13.2. The van der Waals surface area contributed by atoms with E-state index in [0.29, 0.717) is 67.1 Å². The van der Waals surface area contributed by atoms with Gasteiger partial charge in [-0.1, -0.05) is 74.5 Å². The first-order valence-electron chi connectivity index (χ1n) is 23.6. The molecule has 0 saturated heterocycles. The molecule has 0 saturated carbocycles. The molecule has 8 rings (SSSR count). The van der Waals surface area contributed by atoms with Gasteiger partial charge in [0.15, 0.2) is 0 Å². The molecule has 0 bridgehead atoms. The van der Waals surface area contributed by atoms with E-state index in [0.717, 1.165) is 81.7 Å². The Labute approximate surface area is 415 Å². The predicted octanol–water partition coefficient (Wildman–Crippen LogP) is 11.5. The number of rotatable bonds is 25. The smallest absolute Gasteiger partial charge is 0.229 e. The summed E-state index contributed by atoms with van der Waals surface area (Å²) in [6.45, 7) is 9.58. The van der Waals surface area contributed by atoms with Crippen LogP contribution in [0.5, 0.6) is 28.7 Å². The van der Waals surface area contributed by atoms with Crippen LogP contribution in [0, 0.1) is 0 Å². The number of benzene rings is 6. The van der Waals surface area contributed by atoms with Crippen LogP contribution in [0.1, 0.15) is 19.4 Å². The molecule has 0 aliphatic heterocycles. The highest BCUT2D eigenvalue weighted by Crippen LogP contribution is 2.38. The lowest BCUT2D eigenvalue weighted by Gasteiger charge is -2.18. The van der Waals surface area contributed by atoms with Gasteiger partial charge >= 0.3 is 0 Å². The lowest BCUT2D eigenvalue weighted by Crippen LogP contribution is -2.27. The molecule has 2 aromatic heterocycles. The molecule has 0 spiro atoms. The summed E-state index contributed by atoms with van der Waals surface area (Å²) in [5, 5.41) is 17.2. The molecule has 8 aromatic rings. The number of aromatic nitrogens is 4. The molecule has 2 heterocycles. The number of ether oxygens (including phenoxy) is 5. The first kappa shape index (κ1) is 49.0. The van der Waals surface area contributed by atoms with Gasteiger partial charge in [-0.05, 0) is 109 Å². The van der Waals surface area contributed by atoms with E-state index in [-0.39, 0.29) is 0 Å². The Hall–Kier alpha value is -8.40. The molecule has 0 unspecified atom stereocenters. The van der Waals surface area contributed by atoms with Crippen LogP contribution in [-0.4, -0.2) is 85.6 Å². The van der Waals surface area contributed by atoms with Crippen LogP contribution >= 0.6 is 0 Å². The quantitative estimate of drug-likeness (QED) is 0.0344. The standard InChI is InChI=1S/C56H60N10O5/c1-6-66(7-2)32-34-71-44-29-25-42(26-30-44)60-55-58-37-46(53(64-55)62-48-18-9-12-21-51(48)68-4)40-16-14-15-39(35-40)36-57-31-33-70-43-27-23-41(24-28-43)61-56-59-38-47(45-17-8-11-20-50(45)67-3)54(65-56)63-49-19-10-13-22-52(49)69-5/h8-30,35,37-38,57H,6-7,31-34,36H2,1-5H3,(H2,58,60,62,64)(H2,59,61,63,65). The van der Waals surface area contributed by atoms with Crippen molar-refractivity contribution in [2.24, 2.45) is 0 Å². The zero-order valence-corrected chi connectivity index (χ0v) is 40.7. The van der Waals surface area contributed by atoms with Crippen molar-refractivity contribution in [3.63, 3.8) is 0 Å². The van der Waals surface area contributed by atoms with Crippen molar-refractivity contribution in [2.45, 2.75) is 20.4 Å². The van der Waals surface area contributed by atoms with E-state index in [1.165, 1.54) is 0 Å². The molecular weight excluding hydrogens is 893 g/mol. The Kier molecular flexibility index (Phi) is 17.1.